The van der Waals surface area contributed by atoms with Crippen molar-refractivity contribution >= 4 is 23.4 Å². The van der Waals surface area contributed by atoms with Crippen LogP contribution in [-0.4, -0.2) is 40.2 Å². The van der Waals surface area contributed by atoms with Crippen molar-refractivity contribution in [1.82, 2.24) is 9.47 Å². The molecule has 0 radical (unpaired) electrons. The van der Waals surface area contributed by atoms with Gasteiger partial charge in [-0.1, -0.05) is 13.0 Å². The second-order valence-corrected chi connectivity index (χ2v) is 7.43. The topological polar surface area (TPSA) is 104 Å². The second kappa shape index (κ2) is 8.02. The van der Waals surface area contributed by atoms with Gasteiger partial charge in [-0.15, -0.1) is 0 Å². The molecule has 3 heterocycles. The van der Waals surface area contributed by atoms with Crippen LogP contribution < -0.4 is 15.0 Å². The molecule has 0 aliphatic carbocycles. The minimum Gasteiger partial charge on any atom is -0.454 e. The number of amides is 1. The number of nitro groups is 1. The van der Waals surface area contributed by atoms with Crippen molar-refractivity contribution in [2.75, 3.05) is 19.9 Å². The molecule has 0 saturated carbocycles. The normalized spacial score (nSPS) is 16.6. The molecule has 0 spiro atoms. The minimum atomic E-state index is -0.549. The molecular weight excluding hydrogens is 390 g/mol. The fourth-order valence-corrected chi connectivity index (χ4v) is 3.60. The molecular formula is C21H21N3O6. The molecule has 1 aromatic heterocycles. The van der Waals surface area contributed by atoms with E-state index in [4.69, 9.17) is 9.47 Å². The maximum Gasteiger partial charge on any atom is 0.280 e. The molecule has 2 aliphatic heterocycles. The molecule has 0 atom stereocenters. The van der Waals surface area contributed by atoms with E-state index in [1.54, 1.807) is 17.0 Å². The number of fused-ring (bicyclic) bond motifs is 1. The molecule has 30 heavy (non-hydrogen) atoms. The predicted molar refractivity (Wildman–Crippen MR) is 109 cm³/mol. The third kappa shape index (κ3) is 3.78. The maximum absolute atomic E-state index is 13.3. The first-order valence-electron chi connectivity index (χ1n) is 9.71. The highest BCUT2D eigenvalue weighted by Crippen LogP contribution is 2.39. The van der Waals surface area contributed by atoms with Crippen LogP contribution >= 0.6 is 0 Å². The number of nitro benzene ring substituents is 1. The molecule has 1 fully saturated rings. The van der Waals surface area contributed by atoms with Gasteiger partial charge in [0.25, 0.3) is 17.2 Å². The number of nitrogens with zero attached hydrogens (tertiary/aromatic N) is 3. The number of aromatic nitrogens is 1. The lowest BCUT2D eigenvalue weighted by Gasteiger charge is -2.31. The quantitative estimate of drug-likeness (QED) is 0.435. The number of likely N-dealkylation sites (tertiary alicyclic amines) is 1. The van der Waals surface area contributed by atoms with Gasteiger partial charge in [0.05, 0.1) is 16.6 Å². The Bertz CT molecular complexity index is 1080. The van der Waals surface area contributed by atoms with Crippen molar-refractivity contribution in [2.24, 2.45) is 5.92 Å². The van der Waals surface area contributed by atoms with Crippen LogP contribution in [0, 0.1) is 16.0 Å². The number of hydrogen-bond acceptors (Lipinski definition) is 6. The third-order valence-corrected chi connectivity index (χ3v) is 5.38. The Labute approximate surface area is 172 Å². The van der Waals surface area contributed by atoms with Gasteiger partial charge in [0.15, 0.2) is 11.5 Å². The molecule has 9 nitrogen and oxygen atoms in total. The van der Waals surface area contributed by atoms with E-state index >= 15 is 0 Å². The van der Waals surface area contributed by atoms with Crippen molar-refractivity contribution in [1.29, 1.82) is 0 Å². The van der Waals surface area contributed by atoms with Crippen LogP contribution in [0.3, 0.4) is 0 Å². The molecule has 2 aliphatic rings. The SMILES string of the molecule is CC1CCN(C(=O)C(=Cc2cc3c(cc2[N+](=O)[O-])OCO3)n2ccccc2=O)CC1. The Balaban J connectivity index is 1.83. The molecule has 0 N–H and O–H groups in total. The summed E-state index contributed by atoms with van der Waals surface area (Å²) < 4.78 is 11.8. The van der Waals surface area contributed by atoms with E-state index in [1.807, 2.05) is 0 Å². The minimum absolute atomic E-state index is 0.0322. The highest BCUT2D eigenvalue weighted by atomic mass is 16.7. The van der Waals surface area contributed by atoms with Crippen LogP contribution in [-0.2, 0) is 4.79 Å². The largest absolute Gasteiger partial charge is 0.454 e. The van der Waals surface area contributed by atoms with Gasteiger partial charge in [0.1, 0.15) is 5.70 Å². The van der Waals surface area contributed by atoms with Crippen LogP contribution in [0.15, 0.2) is 41.3 Å². The Morgan fingerprint density at radius 2 is 1.90 bits per heavy atom. The molecule has 156 valence electrons. The van der Waals surface area contributed by atoms with Crippen molar-refractivity contribution in [3.05, 3.63) is 62.6 Å². The van der Waals surface area contributed by atoms with Crippen molar-refractivity contribution in [3.8, 4) is 11.5 Å². The number of rotatable bonds is 4. The predicted octanol–water partition coefficient (Wildman–Crippen LogP) is 2.74. The van der Waals surface area contributed by atoms with Crippen molar-refractivity contribution < 1.29 is 19.2 Å². The van der Waals surface area contributed by atoms with Gasteiger partial charge in [-0.25, -0.2) is 0 Å². The fraction of sp³-hybridized carbons (Fsp3) is 0.333. The second-order valence-electron chi connectivity index (χ2n) is 7.43. The monoisotopic (exact) mass is 411 g/mol. The summed E-state index contributed by atoms with van der Waals surface area (Å²) in [5.74, 6) is 0.803. The van der Waals surface area contributed by atoms with Crippen molar-refractivity contribution in [3.63, 3.8) is 0 Å². The summed E-state index contributed by atoms with van der Waals surface area (Å²) >= 11 is 0. The lowest BCUT2D eigenvalue weighted by Crippen LogP contribution is -2.40. The van der Waals surface area contributed by atoms with E-state index in [9.17, 15) is 19.7 Å². The Hall–Kier alpha value is -3.62. The zero-order valence-corrected chi connectivity index (χ0v) is 16.4. The summed E-state index contributed by atoms with van der Waals surface area (Å²) in [6.07, 6.45) is 4.60. The number of hydrogen-bond donors (Lipinski definition) is 0. The number of carbonyl (C=O) groups excluding carboxylic acids is 1. The molecule has 1 aromatic carbocycles. The number of carbonyl (C=O) groups is 1. The smallest absolute Gasteiger partial charge is 0.280 e. The summed E-state index contributed by atoms with van der Waals surface area (Å²) in [6.45, 7) is 3.25. The van der Waals surface area contributed by atoms with Crippen LogP contribution in [0.2, 0.25) is 0 Å². The lowest BCUT2D eigenvalue weighted by molar-refractivity contribution is -0.385. The number of benzene rings is 1. The van der Waals surface area contributed by atoms with E-state index in [0.29, 0.717) is 24.8 Å². The van der Waals surface area contributed by atoms with E-state index in [1.165, 1.54) is 35.0 Å². The van der Waals surface area contributed by atoms with Gasteiger partial charge in [0.2, 0.25) is 6.79 Å². The summed E-state index contributed by atoms with van der Waals surface area (Å²) in [4.78, 5) is 38.6. The zero-order valence-electron chi connectivity index (χ0n) is 16.4. The van der Waals surface area contributed by atoms with Crippen molar-refractivity contribution in [2.45, 2.75) is 19.8 Å². The molecule has 9 heteroatoms. The Kier molecular flexibility index (Phi) is 5.26. The molecule has 1 amide bonds. The summed E-state index contributed by atoms with van der Waals surface area (Å²) in [7, 11) is 0. The molecule has 2 aromatic rings. The third-order valence-electron chi connectivity index (χ3n) is 5.38. The van der Waals surface area contributed by atoms with E-state index in [2.05, 4.69) is 6.92 Å². The van der Waals surface area contributed by atoms with Gasteiger partial charge in [0, 0.05) is 25.4 Å². The van der Waals surface area contributed by atoms with Gasteiger partial charge >= 0.3 is 0 Å². The highest BCUT2D eigenvalue weighted by Gasteiger charge is 2.27. The van der Waals surface area contributed by atoms with E-state index in [-0.39, 0.29) is 35.4 Å². The van der Waals surface area contributed by atoms with Crippen LogP contribution in [0.25, 0.3) is 11.8 Å². The van der Waals surface area contributed by atoms with Crippen LogP contribution in [0.5, 0.6) is 11.5 Å². The van der Waals surface area contributed by atoms with Gasteiger partial charge < -0.3 is 14.4 Å². The molecule has 0 bridgehead atoms. The fourth-order valence-electron chi connectivity index (χ4n) is 3.60. The summed E-state index contributed by atoms with van der Waals surface area (Å²) in [5, 5.41) is 11.6. The van der Waals surface area contributed by atoms with Crippen LogP contribution in [0.1, 0.15) is 25.3 Å². The summed E-state index contributed by atoms with van der Waals surface area (Å²) in [5.41, 5.74) is -0.419. The zero-order chi connectivity index (χ0) is 21.3. The highest BCUT2D eigenvalue weighted by molar-refractivity contribution is 6.18. The number of pyridine rings is 1. The Morgan fingerprint density at radius 3 is 2.57 bits per heavy atom. The Morgan fingerprint density at radius 1 is 1.20 bits per heavy atom. The number of ether oxygens (including phenoxy) is 2. The standard InChI is InChI=1S/C21H21N3O6/c1-14-5-8-22(9-6-14)21(26)17(23-7-3-2-4-20(23)25)10-15-11-18-19(30-13-29-18)12-16(15)24(27)28/h2-4,7,10-12,14H,5-6,8-9,13H2,1H3. The first-order chi connectivity index (χ1) is 14.4. The van der Waals surface area contributed by atoms with Gasteiger partial charge in [-0.2, -0.15) is 0 Å². The maximum atomic E-state index is 13.3. The first kappa shape index (κ1) is 19.7. The van der Waals surface area contributed by atoms with E-state index in [0.717, 1.165) is 12.8 Å². The van der Waals surface area contributed by atoms with Gasteiger partial charge in [-0.3, -0.25) is 24.3 Å². The molecule has 0 unspecified atom stereocenters. The molecule has 4 rings (SSSR count). The average molecular weight is 411 g/mol. The summed E-state index contributed by atoms with van der Waals surface area (Å²) in [6, 6.07) is 7.28. The average Bonchev–Trinajstić information content (AvgIpc) is 3.19. The number of piperidine rings is 1. The first-order valence-corrected chi connectivity index (χ1v) is 9.71. The lowest BCUT2D eigenvalue weighted by atomic mass is 9.99. The van der Waals surface area contributed by atoms with Gasteiger partial charge in [-0.05, 0) is 37.0 Å². The molecule has 1 saturated heterocycles. The van der Waals surface area contributed by atoms with E-state index < -0.39 is 10.5 Å². The van der Waals surface area contributed by atoms with Crippen LogP contribution in [0.4, 0.5) is 5.69 Å².